The molecule has 0 saturated carbocycles. The van der Waals surface area contributed by atoms with E-state index in [-0.39, 0.29) is 11.2 Å². The number of carbonyl (C=O) groups is 1. The summed E-state index contributed by atoms with van der Waals surface area (Å²) in [6.45, 7) is 1.83. The number of aromatic amines is 1. The highest BCUT2D eigenvalue weighted by Gasteiger charge is 2.18. The number of hydrogen-bond acceptors (Lipinski definition) is 6. The van der Waals surface area contributed by atoms with Gasteiger partial charge in [-0.05, 0) is 31.2 Å². The number of hydrogen-bond donors (Lipinski definition) is 2. The number of benzene rings is 2. The lowest BCUT2D eigenvalue weighted by molar-refractivity contribution is -0.115. The molecular formula is C19H21N3O4S. The first-order valence-corrected chi connectivity index (χ1v) is 9.15. The van der Waals surface area contributed by atoms with Crippen LogP contribution in [0.15, 0.2) is 41.6 Å². The number of H-pyrrole nitrogens is 1. The van der Waals surface area contributed by atoms with Gasteiger partial charge in [0, 0.05) is 17.8 Å². The lowest BCUT2D eigenvalue weighted by atomic mass is 10.2. The maximum Gasteiger partial charge on any atom is 0.237 e. The van der Waals surface area contributed by atoms with E-state index in [2.05, 4.69) is 15.3 Å². The van der Waals surface area contributed by atoms with Crippen LogP contribution >= 0.6 is 11.8 Å². The van der Waals surface area contributed by atoms with Gasteiger partial charge in [-0.25, -0.2) is 4.98 Å². The molecule has 1 amide bonds. The average Bonchev–Trinajstić information content (AvgIpc) is 3.08. The molecule has 1 atom stereocenters. The topological polar surface area (TPSA) is 85.5 Å². The highest BCUT2D eigenvalue weighted by Crippen LogP contribution is 2.31. The minimum atomic E-state index is -0.347. The number of carbonyl (C=O) groups excluding carboxylic acids is 1. The Kier molecular flexibility index (Phi) is 5.75. The Labute approximate surface area is 161 Å². The molecule has 1 aromatic heterocycles. The summed E-state index contributed by atoms with van der Waals surface area (Å²) < 4.78 is 15.7. The molecule has 0 aliphatic carbocycles. The van der Waals surface area contributed by atoms with Crippen molar-refractivity contribution >= 4 is 34.4 Å². The number of aromatic nitrogens is 2. The van der Waals surface area contributed by atoms with Gasteiger partial charge in [0.05, 0.1) is 37.6 Å². The van der Waals surface area contributed by atoms with Crippen LogP contribution in [0.3, 0.4) is 0 Å². The predicted octanol–water partition coefficient (Wildman–Crippen LogP) is 3.71. The molecule has 27 heavy (non-hydrogen) atoms. The van der Waals surface area contributed by atoms with Crippen LogP contribution in [-0.2, 0) is 4.79 Å². The van der Waals surface area contributed by atoms with E-state index in [0.29, 0.717) is 22.3 Å². The van der Waals surface area contributed by atoms with Crippen LogP contribution in [0.25, 0.3) is 11.0 Å². The third-order valence-corrected chi connectivity index (χ3v) is 4.96. The van der Waals surface area contributed by atoms with Crippen LogP contribution in [0, 0.1) is 0 Å². The number of thioether (sulfide) groups is 1. The number of anilines is 1. The zero-order valence-electron chi connectivity index (χ0n) is 15.5. The molecule has 0 aliphatic heterocycles. The van der Waals surface area contributed by atoms with Gasteiger partial charge >= 0.3 is 0 Å². The number of ether oxygens (including phenoxy) is 3. The third-order valence-electron chi connectivity index (χ3n) is 3.98. The van der Waals surface area contributed by atoms with Gasteiger partial charge in [-0.2, -0.15) is 0 Å². The molecule has 0 spiro atoms. The first-order chi connectivity index (χ1) is 13.0. The fourth-order valence-corrected chi connectivity index (χ4v) is 3.35. The van der Waals surface area contributed by atoms with Crippen LogP contribution in [0.1, 0.15) is 6.92 Å². The van der Waals surface area contributed by atoms with E-state index in [0.717, 1.165) is 16.8 Å². The molecule has 0 saturated heterocycles. The van der Waals surface area contributed by atoms with E-state index >= 15 is 0 Å². The summed E-state index contributed by atoms with van der Waals surface area (Å²) in [4.78, 5) is 20.2. The molecule has 0 radical (unpaired) electrons. The molecule has 0 aliphatic rings. The summed E-state index contributed by atoms with van der Waals surface area (Å²) in [5.41, 5.74) is 2.33. The minimum absolute atomic E-state index is 0.134. The van der Waals surface area contributed by atoms with Gasteiger partial charge < -0.3 is 24.5 Å². The summed E-state index contributed by atoms with van der Waals surface area (Å²) in [6.07, 6.45) is 0. The van der Waals surface area contributed by atoms with Gasteiger partial charge in [-0.3, -0.25) is 4.79 Å². The van der Waals surface area contributed by atoms with E-state index in [4.69, 9.17) is 14.2 Å². The maximum absolute atomic E-state index is 12.5. The number of rotatable bonds is 7. The summed E-state index contributed by atoms with van der Waals surface area (Å²) in [6, 6.07) is 10.8. The molecule has 1 heterocycles. The lowest BCUT2D eigenvalue weighted by Crippen LogP contribution is -2.22. The summed E-state index contributed by atoms with van der Waals surface area (Å²) in [5.74, 6) is 1.78. The first-order valence-electron chi connectivity index (χ1n) is 8.27. The number of methoxy groups -OCH3 is 3. The number of fused-ring (bicyclic) bond motifs is 1. The Hall–Kier alpha value is -2.87. The molecule has 1 unspecified atom stereocenters. The number of imidazole rings is 1. The van der Waals surface area contributed by atoms with Gasteiger partial charge in [0.1, 0.15) is 5.75 Å². The number of amides is 1. The Morgan fingerprint density at radius 3 is 2.56 bits per heavy atom. The molecule has 0 fully saturated rings. The Morgan fingerprint density at radius 1 is 1.07 bits per heavy atom. The quantitative estimate of drug-likeness (QED) is 0.601. The fraction of sp³-hybridized carbons (Fsp3) is 0.263. The molecule has 3 aromatic rings. The lowest BCUT2D eigenvalue weighted by Gasteiger charge is -2.13. The van der Waals surface area contributed by atoms with E-state index in [9.17, 15) is 4.79 Å². The molecular weight excluding hydrogens is 366 g/mol. The second-order valence-electron chi connectivity index (χ2n) is 5.74. The standard InChI is InChI=1S/C19H21N3O4S/c1-11(18(23)20-12-5-8-16(25-3)17(9-12)26-4)27-19-21-14-7-6-13(24-2)10-15(14)22-19/h5-11H,1-4H3,(H,20,23)(H,21,22). The van der Waals surface area contributed by atoms with Crippen molar-refractivity contribution in [2.45, 2.75) is 17.3 Å². The molecule has 8 heteroatoms. The van der Waals surface area contributed by atoms with Gasteiger partial charge in [0.25, 0.3) is 0 Å². The Morgan fingerprint density at radius 2 is 1.85 bits per heavy atom. The SMILES string of the molecule is COc1ccc2nc(SC(C)C(=O)Nc3ccc(OC)c(OC)c3)[nH]c2c1. The predicted molar refractivity (Wildman–Crippen MR) is 106 cm³/mol. The van der Waals surface area contributed by atoms with Crippen LogP contribution in [0.2, 0.25) is 0 Å². The Bertz CT molecular complexity index is 957. The molecule has 3 rings (SSSR count). The van der Waals surface area contributed by atoms with Gasteiger partial charge in [-0.1, -0.05) is 11.8 Å². The number of nitrogens with one attached hydrogen (secondary N) is 2. The Balaban J connectivity index is 1.68. The second kappa shape index (κ2) is 8.22. The largest absolute Gasteiger partial charge is 0.497 e. The normalized spacial score (nSPS) is 11.9. The van der Waals surface area contributed by atoms with Crippen molar-refractivity contribution in [2.75, 3.05) is 26.6 Å². The van der Waals surface area contributed by atoms with Crippen molar-refractivity contribution in [3.05, 3.63) is 36.4 Å². The van der Waals surface area contributed by atoms with Crippen molar-refractivity contribution < 1.29 is 19.0 Å². The van der Waals surface area contributed by atoms with Gasteiger partial charge in [0.2, 0.25) is 5.91 Å². The van der Waals surface area contributed by atoms with Crippen LogP contribution in [0.5, 0.6) is 17.2 Å². The van der Waals surface area contributed by atoms with Crippen LogP contribution < -0.4 is 19.5 Å². The van der Waals surface area contributed by atoms with Crippen molar-refractivity contribution in [3.63, 3.8) is 0 Å². The van der Waals surface area contributed by atoms with Crippen LogP contribution in [-0.4, -0.2) is 42.5 Å². The van der Waals surface area contributed by atoms with Crippen molar-refractivity contribution in [1.29, 1.82) is 0 Å². The first kappa shape index (κ1) is 18.9. The second-order valence-corrected chi connectivity index (χ2v) is 7.07. The van der Waals surface area contributed by atoms with Crippen molar-refractivity contribution in [1.82, 2.24) is 9.97 Å². The van der Waals surface area contributed by atoms with Gasteiger partial charge in [-0.15, -0.1) is 0 Å². The van der Waals surface area contributed by atoms with E-state index in [1.54, 1.807) is 39.5 Å². The van der Waals surface area contributed by atoms with Gasteiger partial charge in [0.15, 0.2) is 16.7 Å². The van der Waals surface area contributed by atoms with E-state index in [1.807, 2.05) is 25.1 Å². The molecule has 2 N–H and O–H groups in total. The third kappa shape index (κ3) is 4.28. The highest BCUT2D eigenvalue weighted by molar-refractivity contribution is 8.00. The average molecular weight is 387 g/mol. The summed E-state index contributed by atoms with van der Waals surface area (Å²) >= 11 is 1.35. The maximum atomic E-state index is 12.5. The summed E-state index contributed by atoms with van der Waals surface area (Å²) in [5, 5.41) is 3.21. The zero-order chi connectivity index (χ0) is 19.4. The monoisotopic (exact) mass is 387 g/mol. The van der Waals surface area contributed by atoms with Crippen molar-refractivity contribution in [3.8, 4) is 17.2 Å². The number of nitrogens with zero attached hydrogens (tertiary/aromatic N) is 1. The highest BCUT2D eigenvalue weighted by atomic mass is 32.2. The molecule has 142 valence electrons. The molecule has 0 bridgehead atoms. The van der Waals surface area contributed by atoms with Crippen LogP contribution in [0.4, 0.5) is 5.69 Å². The van der Waals surface area contributed by atoms with E-state index < -0.39 is 0 Å². The molecule has 7 nitrogen and oxygen atoms in total. The zero-order valence-corrected chi connectivity index (χ0v) is 16.3. The smallest absolute Gasteiger partial charge is 0.237 e. The summed E-state index contributed by atoms with van der Waals surface area (Å²) in [7, 11) is 4.74. The van der Waals surface area contributed by atoms with Crippen molar-refractivity contribution in [2.24, 2.45) is 0 Å². The minimum Gasteiger partial charge on any atom is -0.497 e. The van der Waals surface area contributed by atoms with E-state index in [1.165, 1.54) is 11.8 Å². The molecule has 2 aromatic carbocycles. The fourth-order valence-electron chi connectivity index (χ4n) is 2.53.